The molecule has 0 bridgehead atoms. The van der Waals surface area contributed by atoms with Crippen LogP contribution in [-0.4, -0.2) is 15.8 Å². The van der Waals surface area contributed by atoms with Crippen LogP contribution in [0, 0.1) is 6.92 Å². The van der Waals surface area contributed by atoms with Gasteiger partial charge in [0, 0.05) is 12.6 Å². The van der Waals surface area contributed by atoms with Crippen molar-refractivity contribution in [3.8, 4) is 0 Å². The molecule has 0 aliphatic carbocycles. The third-order valence-corrected chi connectivity index (χ3v) is 2.74. The van der Waals surface area contributed by atoms with Gasteiger partial charge in [-0.1, -0.05) is 0 Å². The van der Waals surface area contributed by atoms with Gasteiger partial charge in [0.25, 0.3) is 0 Å². The van der Waals surface area contributed by atoms with Crippen LogP contribution in [0.5, 0.6) is 0 Å². The number of hydrogen-bond donors (Lipinski definition) is 0. The molecule has 0 saturated carbocycles. The Labute approximate surface area is 91.8 Å². The predicted molar refractivity (Wildman–Crippen MR) is 59.1 cm³/mol. The van der Waals surface area contributed by atoms with E-state index in [-0.39, 0.29) is 5.78 Å². The van der Waals surface area contributed by atoms with Crippen molar-refractivity contribution in [1.29, 1.82) is 0 Å². The summed E-state index contributed by atoms with van der Waals surface area (Å²) in [6, 6.07) is 1.95. The molecule has 4 heteroatoms. The number of carbonyl (C=O) groups excluding carboxylic acids is 1. The first kappa shape index (κ1) is 9.98. The lowest BCUT2D eigenvalue weighted by atomic mass is 10.1. The van der Waals surface area contributed by atoms with E-state index in [0.29, 0.717) is 12.1 Å². The molecule has 2 rings (SSSR count). The van der Waals surface area contributed by atoms with Gasteiger partial charge >= 0.3 is 0 Å². The van der Waals surface area contributed by atoms with Crippen LogP contribution in [0.25, 0.3) is 0 Å². The number of aromatic nitrogens is 2. The van der Waals surface area contributed by atoms with Crippen molar-refractivity contribution >= 4 is 17.1 Å². The summed E-state index contributed by atoms with van der Waals surface area (Å²) in [6.07, 6.45) is 3.55. The van der Waals surface area contributed by atoms with Gasteiger partial charge in [-0.2, -0.15) is 11.3 Å². The normalized spacial score (nSPS) is 10.2. The molecule has 2 aromatic heterocycles. The fourth-order valence-corrected chi connectivity index (χ4v) is 1.87. The first-order chi connectivity index (χ1) is 7.25. The molecule has 0 N–H and O–H groups in total. The zero-order chi connectivity index (χ0) is 10.7. The van der Waals surface area contributed by atoms with Crippen molar-refractivity contribution in [1.82, 2.24) is 9.97 Å². The van der Waals surface area contributed by atoms with Crippen LogP contribution < -0.4 is 0 Å². The highest BCUT2D eigenvalue weighted by molar-refractivity contribution is 7.08. The summed E-state index contributed by atoms with van der Waals surface area (Å²) in [6.45, 7) is 1.85. The van der Waals surface area contributed by atoms with Gasteiger partial charge < -0.3 is 0 Å². The number of hydrogen-bond acceptors (Lipinski definition) is 4. The van der Waals surface area contributed by atoms with Crippen LogP contribution in [0.4, 0.5) is 0 Å². The van der Waals surface area contributed by atoms with Crippen molar-refractivity contribution < 1.29 is 4.79 Å². The number of Topliss-reactive ketones (excluding diaryl/α,β-unsaturated/α-hetero) is 1. The Bertz CT molecular complexity index is 448. The molecule has 0 aromatic carbocycles. The Morgan fingerprint density at radius 3 is 2.87 bits per heavy atom. The molecule has 0 unspecified atom stereocenters. The van der Waals surface area contributed by atoms with Crippen molar-refractivity contribution in [3.63, 3.8) is 0 Å². The van der Waals surface area contributed by atoms with E-state index >= 15 is 0 Å². The Morgan fingerprint density at radius 2 is 2.27 bits per heavy atom. The average Bonchev–Trinajstić information content (AvgIpc) is 2.71. The Hall–Kier alpha value is -1.55. The van der Waals surface area contributed by atoms with Crippen molar-refractivity contribution in [2.45, 2.75) is 13.3 Å². The SMILES string of the molecule is Cc1cnc(C(=O)Cc2ccsc2)cn1. The summed E-state index contributed by atoms with van der Waals surface area (Å²) >= 11 is 1.59. The van der Waals surface area contributed by atoms with Crippen LogP contribution in [0.3, 0.4) is 0 Å². The molecule has 2 aromatic rings. The summed E-state index contributed by atoms with van der Waals surface area (Å²) in [7, 11) is 0. The van der Waals surface area contributed by atoms with Crippen LogP contribution in [0.15, 0.2) is 29.2 Å². The smallest absolute Gasteiger partial charge is 0.187 e. The number of nitrogens with zero attached hydrogens (tertiary/aromatic N) is 2. The molecule has 0 radical (unpaired) electrons. The monoisotopic (exact) mass is 218 g/mol. The maximum absolute atomic E-state index is 11.7. The van der Waals surface area contributed by atoms with E-state index in [0.717, 1.165) is 11.3 Å². The van der Waals surface area contributed by atoms with Gasteiger partial charge in [0.15, 0.2) is 5.78 Å². The highest BCUT2D eigenvalue weighted by Crippen LogP contribution is 2.09. The van der Waals surface area contributed by atoms with Gasteiger partial charge in [-0.3, -0.25) is 9.78 Å². The van der Waals surface area contributed by atoms with Crippen molar-refractivity contribution in [2.24, 2.45) is 0 Å². The minimum absolute atomic E-state index is 0.0147. The van der Waals surface area contributed by atoms with Gasteiger partial charge in [0.05, 0.1) is 11.9 Å². The molecule has 0 aliphatic heterocycles. The predicted octanol–water partition coefficient (Wildman–Crippen LogP) is 2.27. The second-order valence-electron chi connectivity index (χ2n) is 3.27. The Kier molecular flexibility index (Phi) is 2.87. The zero-order valence-corrected chi connectivity index (χ0v) is 9.12. The highest BCUT2D eigenvalue weighted by atomic mass is 32.1. The third-order valence-electron chi connectivity index (χ3n) is 2.01. The zero-order valence-electron chi connectivity index (χ0n) is 8.30. The average molecular weight is 218 g/mol. The van der Waals surface area contributed by atoms with E-state index in [9.17, 15) is 4.79 Å². The van der Waals surface area contributed by atoms with Gasteiger partial charge in [-0.05, 0) is 29.3 Å². The second kappa shape index (κ2) is 4.31. The van der Waals surface area contributed by atoms with Crippen LogP contribution in [0.2, 0.25) is 0 Å². The van der Waals surface area contributed by atoms with Gasteiger partial charge in [0.1, 0.15) is 5.69 Å². The first-order valence-electron chi connectivity index (χ1n) is 4.58. The maximum Gasteiger partial charge on any atom is 0.187 e. The summed E-state index contributed by atoms with van der Waals surface area (Å²) in [5, 5.41) is 3.93. The number of rotatable bonds is 3. The molecule has 0 spiro atoms. The fraction of sp³-hybridized carbons (Fsp3) is 0.182. The van der Waals surface area contributed by atoms with E-state index in [1.165, 1.54) is 6.20 Å². The molecule has 0 atom stereocenters. The quantitative estimate of drug-likeness (QED) is 0.742. The molecule has 76 valence electrons. The van der Waals surface area contributed by atoms with Gasteiger partial charge in [-0.25, -0.2) is 4.98 Å². The lowest BCUT2D eigenvalue weighted by molar-refractivity contribution is 0.0988. The minimum Gasteiger partial charge on any atom is -0.292 e. The number of thiophene rings is 1. The van der Waals surface area contributed by atoms with E-state index in [1.807, 2.05) is 23.8 Å². The topological polar surface area (TPSA) is 42.9 Å². The first-order valence-corrected chi connectivity index (χ1v) is 5.53. The molecular formula is C11H10N2OS. The maximum atomic E-state index is 11.7. The van der Waals surface area contributed by atoms with Gasteiger partial charge in [-0.15, -0.1) is 0 Å². The van der Waals surface area contributed by atoms with Crippen LogP contribution >= 0.6 is 11.3 Å². The van der Waals surface area contributed by atoms with Crippen molar-refractivity contribution in [3.05, 3.63) is 46.2 Å². The van der Waals surface area contributed by atoms with Crippen LogP contribution in [-0.2, 0) is 6.42 Å². The summed E-state index contributed by atoms with van der Waals surface area (Å²) < 4.78 is 0. The number of carbonyl (C=O) groups is 1. The van der Waals surface area contributed by atoms with E-state index < -0.39 is 0 Å². The van der Waals surface area contributed by atoms with E-state index in [4.69, 9.17) is 0 Å². The molecular weight excluding hydrogens is 208 g/mol. The number of ketones is 1. The molecule has 3 nitrogen and oxygen atoms in total. The lowest BCUT2D eigenvalue weighted by Gasteiger charge is -1.98. The molecule has 15 heavy (non-hydrogen) atoms. The Balaban J connectivity index is 2.11. The highest BCUT2D eigenvalue weighted by Gasteiger charge is 2.08. The fourth-order valence-electron chi connectivity index (χ4n) is 1.21. The number of aryl methyl sites for hydroxylation is 1. The molecule has 2 heterocycles. The molecule has 0 amide bonds. The van der Waals surface area contributed by atoms with E-state index in [2.05, 4.69) is 9.97 Å². The standard InChI is InChI=1S/C11H10N2OS/c1-8-5-13-10(6-12-8)11(14)4-9-2-3-15-7-9/h2-3,5-7H,4H2,1H3. The molecule has 0 aliphatic rings. The lowest BCUT2D eigenvalue weighted by Crippen LogP contribution is -2.06. The summed E-state index contributed by atoms with van der Waals surface area (Å²) in [4.78, 5) is 19.8. The second-order valence-corrected chi connectivity index (χ2v) is 4.05. The third kappa shape index (κ3) is 2.47. The largest absolute Gasteiger partial charge is 0.292 e. The van der Waals surface area contributed by atoms with Crippen molar-refractivity contribution in [2.75, 3.05) is 0 Å². The van der Waals surface area contributed by atoms with E-state index in [1.54, 1.807) is 17.5 Å². The van der Waals surface area contributed by atoms with Crippen LogP contribution in [0.1, 0.15) is 21.7 Å². The Morgan fingerprint density at radius 1 is 1.40 bits per heavy atom. The minimum atomic E-state index is 0.0147. The molecule has 0 fully saturated rings. The molecule has 0 saturated heterocycles. The summed E-state index contributed by atoms with van der Waals surface area (Å²) in [5.41, 5.74) is 2.29. The van der Waals surface area contributed by atoms with Gasteiger partial charge in [0.2, 0.25) is 0 Å². The summed E-state index contributed by atoms with van der Waals surface area (Å²) in [5.74, 6) is 0.0147.